The maximum atomic E-state index is 12.1. The van der Waals surface area contributed by atoms with Crippen molar-refractivity contribution >= 4 is 11.9 Å². The third-order valence-corrected chi connectivity index (χ3v) is 9.27. The summed E-state index contributed by atoms with van der Waals surface area (Å²) in [5.41, 5.74) is 0. The summed E-state index contributed by atoms with van der Waals surface area (Å²) < 4.78 is 16.6. The first kappa shape index (κ1) is 41.9. The highest BCUT2D eigenvalue weighted by atomic mass is 16.6. The van der Waals surface area contributed by atoms with E-state index in [4.69, 9.17) is 14.2 Å². The molecule has 0 saturated carbocycles. The van der Waals surface area contributed by atoms with Gasteiger partial charge in [0.15, 0.2) is 0 Å². The fourth-order valence-electron chi connectivity index (χ4n) is 6.22. The minimum absolute atomic E-state index is 0.134. The van der Waals surface area contributed by atoms with E-state index in [1.54, 1.807) is 6.92 Å². The lowest BCUT2D eigenvalue weighted by Crippen LogP contribution is -2.22. The van der Waals surface area contributed by atoms with Crippen LogP contribution in [0.15, 0.2) is 0 Å². The number of ether oxygens (including phenoxy) is 3. The highest BCUT2D eigenvalue weighted by Crippen LogP contribution is 2.32. The van der Waals surface area contributed by atoms with E-state index < -0.39 is 6.10 Å². The molecule has 1 aliphatic rings. The number of carbonyl (C=O) groups excluding carboxylic acids is 2. The van der Waals surface area contributed by atoms with Crippen LogP contribution in [0, 0.1) is 0 Å². The number of epoxide rings is 1. The van der Waals surface area contributed by atoms with Crippen LogP contribution in [0.4, 0.5) is 0 Å². The Labute approximate surface area is 278 Å². The number of rotatable bonds is 34. The number of hydrogen-bond donors (Lipinski definition) is 1. The van der Waals surface area contributed by atoms with E-state index in [0.717, 1.165) is 77.0 Å². The number of hydrogen-bond acceptors (Lipinski definition) is 6. The minimum Gasteiger partial charge on any atom is -0.462 e. The number of esters is 2. The first-order valence-corrected chi connectivity index (χ1v) is 19.6. The summed E-state index contributed by atoms with van der Waals surface area (Å²) in [5.74, 6) is -0.404. The maximum Gasteiger partial charge on any atom is 0.306 e. The Balaban J connectivity index is 1.84. The van der Waals surface area contributed by atoms with E-state index in [1.807, 2.05) is 0 Å². The zero-order valence-electron chi connectivity index (χ0n) is 30.0. The van der Waals surface area contributed by atoms with Gasteiger partial charge in [-0.05, 0) is 45.4 Å². The van der Waals surface area contributed by atoms with Crippen molar-refractivity contribution in [3.63, 3.8) is 0 Å². The molecule has 6 heteroatoms. The lowest BCUT2D eigenvalue weighted by molar-refractivity contribution is -0.158. The van der Waals surface area contributed by atoms with Gasteiger partial charge in [0.25, 0.3) is 0 Å². The molecule has 6 nitrogen and oxygen atoms in total. The van der Waals surface area contributed by atoms with Gasteiger partial charge in [-0.2, -0.15) is 0 Å². The van der Waals surface area contributed by atoms with Crippen LogP contribution in [0.3, 0.4) is 0 Å². The Morgan fingerprint density at radius 1 is 0.578 bits per heavy atom. The van der Waals surface area contributed by atoms with Crippen molar-refractivity contribution in [2.45, 2.75) is 231 Å². The van der Waals surface area contributed by atoms with Gasteiger partial charge in [0.05, 0.1) is 18.3 Å². The van der Waals surface area contributed by atoms with Crippen LogP contribution in [-0.2, 0) is 23.8 Å². The summed E-state index contributed by atoms with van der Waals surface area (Å²) in [4.78, 5) is 24.2. The molecule has 0 aromatic carbocycles. The van der Waals surface area contributed by atoms with E-state index in [1.165, 1.54) is 96.3 Å². The van der Waals surface area contributed by atoms with E-state index in [2.05, 4.69) is 13.8 Å². The lowest BCUT2D eigenvalue weighted by Gasteiger charge is -2.13. The summed E-state index contributed by atoms with van der Waals surface area (Å²) in [6.45, 7) is 6.42. The predicted molar refractivity (Wildman–Crippen MR) is 186 cm³/mol. The minimum atomic E-state index is -0.402. The monoisotopic (exact) mass is 639 g/mol. The third-order valence-electron chi connectivity index (χ3n) is 9.27. The first-order valence-electron chi connectivity index (χ1n) is 19.6. The molecule has 4 atom stereocenters. The van der Waals surface area contributed by atoms with Gasteiger partial charge in [-0.15, -0.1) is 0 Å². The molecule has 0 radical (unpaired) electrons. The number of carbonyl (C=O) groups is 2. The predicted octanol–water partition coefficient (Wildman–Crippen LogP) is 10.9. The van der Waals surface area contributed by atoms with E-state index in [0.29, 0.717) is 25.0 Å². The van der Waals surface area contributed by atoms with Crippen molar-refractivity contribution in [2.75, 3.05) is 6.61 Å². The second kappa shape index (κ2) is 30.2. The second-order valence-corrected chi connectivity index (χ2v) is 13.9. The maximum absolute atomic E-state index is 12.1. The quantitative estimate of drug-likeness (QED) is 0.0429. The van der Waals surface area contributed by atoms with Gasteiger partial charge >= 0.3 is 11.9 Å². The van der Waals surface area contributed by atoms with Gasteiger partial charge in [-0.1, -0.05) is 149 Å². The van der Waals surface area contributed by atoms with E-state index in [9.17, 15) is 14.7 Å². The second-order valence-electron chi connectivity index (χ2n) is 13.9. The summed E-state index contributed by atoms with van der Waals surface area (Å²) in [6.07, 6.45) is 33.2. The molecule has 0 spiro atoms. The highest BCUT2D eigenvalue weighted by Gasteiger charge is 2.36. The SMILES string of the molecule is CCCCCCCCC(O)CCCCCCCCC(=O)OCC(C)OC(=O)CCCCCCCC1OC1CCCCCCCC. The third kappa shape index (κ3) is 27.7. The molecular weight excluding hydrogens is 564 g/mol. The van der Waals surface area contributed by atoms with Crippen molar-refractivity contribution in [1.82, 2.24) is 0 Å². The summed E-state index contributed by atoms with van der Waals surface area (Å²) in [7, 11) is 0. The zero-order chi connectivity index (χ0) is 32.8. The molecule has 0 bridgehead atoms. The van der Waals surface area contributed by atoms with Crippen molar-refractivity contribution in [3.05, 3.63) is 0 Å². The van der Waals surface area contributed by atoms with Gasteiger partial charge in [-0.3, -0.25) is 9.59 Å². The standard InChI is InChI=1S/C39H74O6/c1-4-6-8-10-15-21-27-35(40)28-22-16-12-13-19-25-31-38(41)43-33-34(3)44-39(42)32-26-20-14-18-24-30-37-36(45-37)29-23-17-11-9-7-5-2/h34-37,40H,4-33H2,1-3H3. The van der Waals surface area contributed by atoms with Crippen LogP contribution in [0.5, 0.6) is 0 Å². The fourth-order valence-corrected chi connectivity index (χ4v) is 6.22. The molecule has 1 aliphatic heterocycles. The van der Waals surface area contributed by atoms with Crippen LogP contribution < -0.4 is 0 Å². The van der Waals surface area contributed by atoms with Gasteiger partial charge in [0.1, 0.15) is 12.7 Å². The molecule has 45 heavy (non-hydrogen) atoms. The molecule has 1 fully saturated rings. The average molecular weight is 639 g/mol. The van der Waals surface area contributed by atoms with E-state index >= 15 is 0 Å². The van der Waals surface area contributed by atoms with Crippen LogP contribution >= 0.6 is 0 Å². The molecule has 1 N–H and O–H groups in total. The zero-order valence-corrected chi connectivity index (χ0v) is 30.0. The lowest BCUT2D eigenvalue weighted by atomic mass is 10.0. The Hall–Kier alpha value is -1.14. The highest BCUT2D eigenvalue weighted by molar-refractivity contribution is 5.70. The van der Waals surface area contributed by atoms with Crippen molar-refractivity contribution in [3.8, 4) is 0 Å². The molecule has 266 valence electrons. The molecule has 0 aromatic heterocycles. The van der Waals surface area contributed by atoms with Crippen LogP contribution in [-0.4, -0.2) is 48.1 Å². The Morgan fingerprint density at radius 3 is 1.47 bits per heavy atom. The number of aliphatic hydroxyl groups excluding tert-OH is 1. The summed E-state index contributed by atoms with van der Waals surface area (Å²) in [6, 6.07) is 0. The van der Waals surface area contributed by atoms with Crippen LogP contribution in [0.1, 0.15) is 207 Å². The summed E-state index contributed by atoms with van der Waals surface area (Å²) >= 11 is 0. The molecule has 0 aromatic rings. The van der Waals surface area contributed by atoms with Crippen molar-refractivity contribution in [2.24, 2.45) is 0 Å². The van der Waals surface area contributed by atoms with Gasteiger partial charge < -0.3 is 19.3 Å². The Morgan fingerprint density at radius 2 is 0.978 bits per heavy atom. The molecule has 1 heterocycles. The van der Waals surface area contributed by atoms with Gasteiger partial charge in [0, 0.05) is 12.8 Å². The summed E-state index contributed by atoms with van der Waals surface area (Å²) in [5, 5.41) is 10.1. The van der Waals surface area contributed by atoms with E-state index in [-0.39, 0.29) is 24.6 Å². The average Bonchev–Trinajstić information content (AvgIpc) is 3.78. The van der Waals surface area contributed by atoms with Gasteiger partial charge in [-0.25, -0.2) is 0 Å². The molecule has 0 aliphatic carbocycles. The first-order chi connectivity index (χ1) is 22.0. The van der Waals surface area contributed by atoms with Crippen molar-refractivity contribution < 1.29 is 28.9 Å². The largest absolute Gasteiger partial charge is 0.462 e. The Bertz CT molecular complexity index is 682. The van der Waals surface area contributed by atoms with Crippen molar-refractivity contribution in [1.29, 1.82) is 0 Å². The molecule has 4 unspecified atom stereocenters. The normalized spacial score (nSPS) is 17.2. The van der Waals surface area contributed by atoms with Crippen LogP contribution in [0.25, 0.3) is 0 Å². The van der Waals surface area contributed by atoms with Crippen LogP contribution in [0.2, 0.25) is 0 Å². The fraction of sp³-hybridized carbons (Fsp3) is 0.949. The Kier molecular flexibility index (Phi) is 28.1. The molecule has 1 saturated heterocycles. The molecule has 0 amide bonds. The molecule has 1 rings (SSSR count). The topological polar surface area (TPSA) is 85.4 Å². The smallest absolute Gasteiger partial charge is 0.306 e. The number of aliphatic hydroxyl groups is 1. The number of unbranched alkanes of at least 4 members (excludes halogenated alkanes) is 19. The van der Waals surface area contributed by atoms with Gasteiger partial charge in [0.2, 0.25) is 0 Å². The molecular formula is C39H74O6.